The van der Waals surface area contributed by atoms with E-state index in [9.17, 15) is 4.39 Å². The lowest BCUT2D eigenvalue weighted by atomic mass is 10.1. The summed E-state index contributed by atoms with van der Waals surface area (Å²) in [7, 11) is 0. The van der Waals surface area contributed by atoms with Gasteiger partial charge in [0.15, 0.2) is 0 Å². The van der Waals surface area contributed by atoms with Gasteiger partial charge in [-0.1, -0.05) is 39.7 Å². The third-order valence-corrected chi connectivity index (χ3v) is 4.07. The van der Waals surface area contributed by atoms with Crippen molar-refractivity contribution in [3.05, 3.63) is 68.4 Å². The lowest BCUT2D eigenvalue weighted by Crippen LogP contribution is -2.13. The minimum absolute atomic E-state index is 0.224. The second kappa shape index (κ2) is 6.51. The molecule has 100 valence electrons. The fourth-order valence-electron chi connectivity index (χ4n) is 1.77. The molecule has 0 aliphatic heterocycles. The van der Waals surface area contributed by atoms with Crippen LogP contribution in [-0.2, 0) is 13.1 Å². The minimum atomic E-state index is -0.224. The second-order valence-electron chi connectivity index (χ2n) is 4.42. The van der Waals surface area contributed by atoms with Crippen LogP contribution in [0, 0.1) is 12.7 Å². The zero-order chi connectivity index (χ0) is 13.8. The summed E-state index contributed by atoms with van der Waals surface area (Å²) in [6.07, 6.45) is 0. The number of rotatable bonds is 4. The van der Waals surface area contributed by atoms with Crippen molar-refractivity contribution >= 4 is 27.5 Å². The fourth-order valence-corrected chi connectivity index (χ4v) is 2.36. The topological polar surface area (TPSA) is 12.0 Å². The molecule has 0 saturated heterocycles. The summed E-state index contributed by atoms with van der Waals surface area (Å²) >= 11 is 9.48. The van der Waals surface area contributed by atoms with E-state index in [1.807, 2.05) is 25.1 Å². The Morgan fingerprint density at radius 3 is 2.68 bits per heavy atom. The van der Waals surface area contributed by atoms with E-state index in [0.717, 1.165) is 26.2 Å². The van der Waals surface area contributed by atoms with Crippen LogP contribution >= 0.6 is 27.5 Å². The summed E-state index contributed by atoms with van der Waals surface area (Å²) in [6.45, 7) is 3.27. The van der Waals surface area contributed by atoms with Gasteiger partial charge in [0.25, 0.3) is 0 Å². The van der Waals surface area contributed by atoms with Crippen molar-refractivity contribution in [2.24, 2.45) is 0 Å². The van der Waals surface area contributed by atoms with Crippen molar-refractivity contribution in [2.75, 3.05) is 0 Å². The summed E-state index contributed by atoms with van der Waals surface area (Å²) in [5.74, 6) is -0.224. The van der Waals surface area contributed by atoms with Crippen LogP contribution in [0.2, 0.25) is 5.02 Å². The van der Waals surface area contributed by atoms with E-state index in [-0.39, 0.29) is 5.82 Å². The summed E-state index contributed by atoms with van der Waals surface area (Å²) in [6, 6.07) is 10.7. The maximum absolute atomic E-state index is 13.1. The molecule has 0 unspecified atom stereocenters. The van der Waals surface area contributed by atoms with Crippen LogP contribution in [0.3, 0.4) is 0 Å². The molecule has 2 aromatic rings. The van der Waals surface area contributed by atoms with Crippen LogP contribution in [0.5, 0.6) is 0 Å². The number of halogens is 3. The quantitative estimate of drug-likeness (QED) is 0.838. The molecule has 0 saturated carbocycles. The van der Waals surface area contributed by atoms with E-state index in [2.05, 4.69) is 21.2 Å². The highest BCUT2D eigenvalue weighted by Gasteiger charge is 2.02. The number of nitrogens with one attached hydrogen (secondary N) is 1. The Morgan fingerprint density at radius 2 is 1.95 bits per heavy atom. The third-order valence-electron chi connectivity index (χ3n) is 2.89. The van der Waals surface area contributed by atoms with E-state index < -0.39 is 0 Å². The zero-order valence-corrected chi connectivity index (χ0v) is 12.9. The van der Waals surface area contributed by atoms with Crippen molar-refractivity contribution < 1.29 is 4.39 Å². The first-order valence-electron chi connectivity index (χ1n) is 5.96. The molecular weight excluding hydrogens is 329 g/mol. The average molecular weight is 343 g/mol. The molecule has 19 heavy (non-hydrogen) atoms. The van der Waals surface area contributed by atoms with Gasteiger partial charge in [0.05, 0.1) is 0 Å². The zero-order valence-electron chi connectivity index (χ0n) is 10.5. The Bertz CT molecular complexity index is 586. The van der Waals surface area contributed by atoms with E-state index in [0.29, 0.717) is 13.1 Å². The van der Waals surface area contributed by atoms with E-state index in [4.69, 9.17) is 11.6 Å². The smallest absolute Gasteiger partial charge is 0.123 e. The van der Waals surface area contributed by atoms with Gasteiger partial charge in [-0.15, -0.1) is 0 Å². The van der Waals surface area contributed by atoms with Crippen molar-refractivity contribution in [2.45, 2.75) is 20.0 Å². The molecule has 1 N–H and O–H groups in total. The first-order chi connectivity index (χ1) is 9.06. The predicted molar refractivity (Wildman–Crippen MR) is 80.8 cm³/mol. The molecule has 0 bridgehead atoms. The fraction of sp³-hybridized carbons (Fsp3) is 0.200. The first kappa shape index (κ1) is 14.5. The number of hydrogen-bond donors (Lipinski definition) is 1. The standard InChI is InChI=1S/C15H14BrClFN/c1-10-2-3-11(6-15(10)17)8-19-9-12-7-13(18)4-5-14(12)16/h2-7,19H,8-9H2,1H3. The minimum Gasteiger partial charge on any atom is -0.309 e. The van der Waals surface area contributed by atoms with Crippen molar-refractivity contribution in [1.29, 1.82) is 0 Å². The largest absolute Gasteiger partial charge is 0.309 e. The summed E-state index contributed by atoms with van der Waals surface area (Å²) in [4.78, 5) is 0. The Kier molecular flexibility index (Phi) is 4.97. The van der Waals surface area contributed by atoms with E-state index in [1.54, 1.807) is 6.07 Å². The van der Waals surface area contributed by atoms with Gasteiger partial charge in [0, 0.05) is 22.6 Å². The highest BCUT2D eigenvalue weighted by Crippen LogP contribution is 2.19. The van der Waals surface area contributed by atoms with E-state index in [1.165, 1.54) is 12.1 Å². The van der Waals surface area contributed by atoms with Crippen LogP contribution in [0.4, 0.5) is 4.39 Å². The Labute approximate surface area is 125 Å². The highest BCUT2D eigenvalue weighted by atomic mass is 79.9. The Morgan fingerprint density at radius 1 is 1.16 bits per heavy atom. The molecule has 1 nitrogen and oxygen atoms in total. The molecule has 0 aromatic heterocycles. The van der Waals surface area contributed by atoms with Gasteiger partial charge in [-0.2, -0.15) is 0 Å². The first-order valence-corrected chi connectivity index (χ1v) is 7.13. The maximum atomic E-state index is 13.1. The molecule has 2 aromatic carbocycles. The second-order valence-corrected chi connectivity index (χ2v) is 5.68. The molecule has 0 amide bonds. The van der Waals surface area contributed by atoms with Crippen LogP contribution in [0.25, 0.3) is 0 Å². The molecule has 0 aliphatic rings. The molecule has 4 heteroatoms. The summed E-state index contributed by atoms with van der Waals surface area (Å²) in [5, 5.41) is 4.05. The van der Waals surface area contributed by atoms with Crippen molar-refractivity contribution in [1.82, 2.24) is 5.32 Å². The third kappa shape index (κ3) is 4.03. The normalized spacial score (nSPS) is 10.7. The Balaban J connectivity index is 1.96. The molecule has 2 rings (SSSR count). The van der Waals surface area contributed by atoms with Gasteiger partial charge < -0.3 is 5.32 Å². The molecular formula is C15H14BrClFN. The maximum Gasteiger partial charge on any atom is 0.123 e. The van der Waals surface area contributed by atoms with Gasteiger partial charge in [-0.05, 0) is 47.9 Å². The summed E-state index contributed by atoms with van der Waals surface area (Å²) < 4.78 is 14.0. The highest BCUT2D eigenvalue weighted by molar-refractivity contribution is 9.10. The average Bonchev–Trinajstić information content (AvgIpc) is 2.38. The van der Waals surface area contributed by atoms with Gasteiger partial charge in [0.2, 0.25) is 0 Å². The van der Waals surface area contributed by atoms with Gasteiger partial charge >= 0.3 is 0 Å². The van der Waals surface area contributed by atoms with Crippen LogP contribution in [-0.4, -0.2) is 0 Å². The molecule has 0 atom stereocenters. The number of aryl methyl sites for hydroxylation is 1. The monoisotopic (exact) mass is 341 g/mol. The van der Waals surface area contributed by atoms with Crippen molar-refractivity contribution in [3.63, 3.8) is 0 Å². The molecule has 0 aliphatic carbocycles. The van der Waals surface area contributed by atoms with Crippen LogP contribution in [0.15, 0.2) is 40.9 Å². The van der Waals surface area contributed by atoms with E-state index >= 15 is 0 Å². The summed E-state index contributed by atoms with van der Waals surface area (Å²) in [5.41, 5.74) is 3.08. The van der Waals surface area contributed by atoms with Gasteiger partial charge in [-0.3, -0.25) is 0 Å². The lowest BCUT2D eigenvalue weighted by molar-refractivity contribution is 0.619. The van der Waals surface area contributed by atoms with Crippen LogP contribution < -0.4 is 5.32 Å². The molecule has 0 fully saturated rings. The molecule has 0 heterocycles. The predicted octanol–water partition coefficient (Wildman–Crippen LogP) is 4.84. The SMILES string of the molecule is Cc1ccc(CNCc2cc(F)ccc2Br)cc1Cl. The van der Waals surface area contributed by atoms with Gasteiger partial charge in [0.1, 0.15) is 5.82 Å². The van der Waals surface area contributed by atoms with Crippen molar-refractivity contribution in [3.8, 4) is 0 Å². The Hall–Kier alpha value is -0.900. The molecule has 0 radical (unpaired) electrons. The van der Waals surface area contributed by atoms with Crippen LogP contribution in [0.1, 0.15) is 16.7 Å². The number of benzene rings is 2. The lowest BCUT2D eigenvalue weighted by Gasteiger charge is -2.08. The number of hydrogen-bond acceptors (Lipinski definition) is 1. The molecule has 0 spiro atoms. The van der Waals surface area contributed by atoms with Gasteiger partial charge in [-0.25, -0.2) is 4.39 Å².